The number of para-hydroxylation sites is 1. The molecule has 4 aliphatic heterocycles. The molecule has 1 aliphatic carbocycles. The van der Waals surface area contributed by atoms with Crippen molar-refractivity contribution in [2.45, 2.75) is 101 Å². The Morgan fingerprint density at radius 2 is 1.91 bits per heavy atom. The van der Waals surface area contributed by atoms with Gasteiger partial charge in [-0.1, -0.05) is 17.9 Å². The summed E-state index contributed by atoms with van der Waals surface area (Å²) in [6.45, 7) is 6.44. The maximum Gasteiger partial charge on any atom is 0.329 e. The van der Waals surface area contributed by atoms with Gasteiger partial charge in [0.15, 0.2) is 11.3 Å². The fourth-order valence-corrected chi connectivity index (χ4v) is 10.3. The summed E-state index contributed by atoms with van der Waals surface area (Å²) < 4.78 is 46.8. The average molecular weight is 880 g/mol. The third-order valence-electron chi connectivity index (χ3n) is 14.0. The first kappa shape index (κ1) is 42.0. The number of imide groups is 1. The van der Waals surface area contributed by atoms with Crippen LogP contribution in [0.2, 0.25) is 0 Å². The second kappa shape index (κ2) is 16.9. The lowest BCUT2D eigenvalue weighted by Crippen LogP contribution is -2.46. The number of morpholine rings is 1. The zero-order chi connectivity index (χ0) is 44.3. The fourth-order valence-electron chi connectivity index (χ4n) is 10.3. The van der Waals surface area contributed by atoms with E-state index in [2.05, 4.69) is 49.4 Å². The van der Waals surface area contributed by atoms with E-state index < -0.39 is 30.0 Å². The van der Waals surface area contributed by atoms with Crippen molar-refractivity contribution in [3.05, 3.63) is 70.2 Å². The van der Waals surface area contributed by atoms with Gasteiger partial charge in [0.1, 0.15) is 24.0 Å². The van der Waals surface area contributed by atoms with Gasteiger partial charge in [-0.25, -0.2) is 23.1 Å². The number of hydrogen-bond donors (Lipinski definition) is 2. The molecular formula is C45H51F2N11O6. The van der Waals surface area contributed by atoms with Crippen LogP contribution < -0.4 is 21.2 Å². The molecule has 4 saturated heterocycles. The second-order valence-electron chi connectivity index (χ2n) is 18.1. The predicted octanol–water partition coefficient (Wildman–Crippen LogP) is 4.38. The number of hydrogen-bond acceptors (Lipinski definition) is 11. The van der Waals surface area contributed by atoms with Crippen molar-refractivity contribution in [3.63, 3.8) is 0 Å². The summed E-state index contributed by atoms with van der Waals surface area (Å²) in [6, 6.07) is 6.72. The number of aromatic nitrogens is 7. The number of halogens is 2. The van der Waals surface area contributed by atoms with Crippen molar-refractivity contribution in [1.82, 2.24) is 43.7 Å². The van der Waals surface area contributed by atoms with E-state index in [4.69, 9.17) is 14.5 Å². The van der Waals surface area contributed by atoms with Crippen molar-refractivity contribution in [3.8, 4) is 11.8 Å². The maximum atomic E-state index is 14.3. The van der Waals surface area contributed by atoms with Crippen LogP contribution in [-0.2, 0) is 26.1 Å². The van der Waals surface area contributed by atoms with Crippen LogP contribution in [-0.4, -0.2) is 113 Å². The topological polar surface area (TPSA) is 175 Å². The van der Waals surface area contributed by atoms with E-state index in [1.165, 1.54) is 26.0 Å². The molecule has 3 atom stereocenters. The third-order valence-corrected chi connectivity index (χ3v) is 14.0. The average Bonchev–Trinajstić information content (AvgIpc) is 4.14. The SMILES string of the molecule is Cn1c(=O)n(C2CCC(=O)NC2=O)c2cccc(C#CCOC3(C)CCN(CC4CCC(n5cc(NC(=O)c6cnn7ccc(N8C[C@H]9C[C@@H]8CO9)nc67)c(C(F)F)n5)CC4)CC3)c21. The summed E-state index contributed by atoms with van der Waals surface area (Å²) in [4.78, 5) is 60.6. The lowest BCUT2D eigenvalue weighted by atomic mass is 9.85. The summed E-state index contributed by atoms with van der Waals surface area (Å²) in [6.07, 6.45) is 8.54. The zero-order valence-corrected chi connectivity index (χ0v) is 35.8. The Labute approximate surface area is 367 Å². The zero-order valence-electron chi connectivity index (χ0n) is 35.8. The number of piperidine rings is 2. The quantitative estimate of drug-likeness (QED) is 0.151. The molecule has 5 fully saturated rings. The first-order valence-electron chi connectivity index (χ1n) is 22.2. The number of ether oxygens (including phenoxy) is 2. The number of nitrogens with zero attached hydrogens (tertiary/aromatic N) is 9. The molecule has 5 aliphatic rings. The largest absolute Gasteiger partial charge is 0.374 e. The van der Waals surface area contributed by atoms with Gasteiger partial charge >= 0.3 is 5.69 Å². The van der Waals surface area contributed by atoms with E-state index in [1.54, 1.807) is 24.0 Å². The van der Waals surface area contributed by atoms with E-state index in [0.717, 1.165) is 76.9 Å². The van der Waals surface area contributed by atoms with Gasteiger partial charge in [-0.2, -0.15) is 10.2 Å². The number of alkyl halides is 2. The Kier molecular flexibility index (Phi) is 11.1. The smallest absolute Gasteiger partial charge is 0.329 e. The highest BCUT2D eigenvalue weighted by Gasteiger charge is 2.40. The number of carbonyl (C=O) groups excluding carboxylic acids is 3. The lowest BCUT2D eigenvalue weighted by Gasteiger charge is -2.41. The van der Waals surface area contributed by atoms with Gasteiger partial charge in [-0.05, 0) is 82.4 Å². The van der Waals surface area contributed by atoms with Crippen molar-refractivity contribution >= 4 is 45.9 Å². The van der Waals surface area contributed by atoms with Crippen LogP contribution in [0.1, 0.15) is 105 Å². The second-order valence-corrected chi connectivity index (χ2v) is 18.1. The molecule has 0 spiro atoms. The molecule has 5 aromatic rings. The number of nitrogens with one attached hydrogen (secondary N) is 2. The minimum absolute atomic E-state index is 0.0118. The molecular weight excluding hydrogens is 829 g/mol. The van der Waals surface area contributed by atoms with Gasteiger partial charge in [0.2, 0.25) is 11.8 Å². The molecule has 17 nitrogen and oxygen atoms in total. The maximum absolute atomic E-state index is 14.3. The third kappa shape index (κ3) is 7.96. The van der Waals surface area contributed by atoms with Gasteiger partial charge in [0, 0.05) is 52.0 Å². The Morgan fingerprint density at radius 3 is 2.64 bits per heavy atom. The Hall–Kier alpha value is -5.97. The van der Waals surface area contributed by atoms with E-state index >= 15 is 0 Å². The van der Waals surface area contributed by atoms with Crippen molar-refractivity contribution in [1.29, 1.82) is 0 Å². The number of likely N-dealkylation sites (tertiary alicyclic amines) is 1. The number of benzene rings is 1. The Bertz CT molecular complexity index is 2750. The van der Waals surface area contributed by atoms with Crippen LogP contribution in [0.15, 0.2) is 47.7 Å². The number of fused-ring (bicyclic) bond motifs is 4. The van der Waals surface area contributed by atoms with Crippen molar-refractivity contribution < 1.29 is 32.6 Å². The van der Waals surface area contributed by atoms with E-state index in [9.17, 15) is 28.0 Å². The molecule has 0 radical (unpaired) electrons. The normalized spacial score (nSPS) is 24.7. The number of anilines is 2. The molecule has 1 unspecified atom stereocenters. The first-order valence-corrected chi connectivity index (χ1v) is 22.2. The molecule has 8 heterocycles. The van der Waals surface area contributed by atoms with Gasteiger partial charge in [0.05, 0.1) is 58.9 Å². The fraction of sp³-hybridized carbons (Fsp3) is 0.533. The van der Waals surface area contributed by atoms with Crippen LogP contribution in [0.4, 0.5) is 20.3 Å². The molecule has 64 heavy (non-hydrogen) atoms. The van der Waals surface area contributed by atoms with Crippen LogP contribution in [0, 0.1) is 17.8 Å². The van der Waals surface area contributed by atoms with Crippen LogP contribution in [0.25, 0.3) is 16.7 Å². The molecule has 2 N–H and O–H groups in total. The number of carbonyl (C=O) groups is 3. The van der Waals surface area contributed by atoms with Gasteiger partial charge in [-0.3, -0.25) is 33.5 Å². The molecule has 2 bridgehead atoms. The summed E-state index contributed by atoms with van der Waals surface area (Å²) in [5, 5.41) is 13.6. The monoisotopic (exact) mass is 879 g/mol. The predicted molar refractivity (Wildman–Crippen MR) is 230 cm³/mol. The highest BCUT2D eigenvalue weighted by Crippen LogP contribution is 2.37. The lowest BCUT2D eigenvalue weighted by molar-refractivity contribution is -0.135. The number of amides is 3. The van der Waals surface area contributed by atoms with Crippen LogP contribution in [0.5, 0.6) is 0 Å². The number of rotatable bonds is 10. The molecule has 19 heteroatoms. The van der Waals surface area contributed by atoms with E-state index in [-0.39, 0.29) is 66.1 Å². The van der Waals surface area contributed by atoms with Crippen molar-refractivity contribution in [2.24, 2.45) is 13.0 Å². The Morgan fingerprint density at radius 1 is 1.09 bits per heavy atom. The minimum Gasteiger partial charge on any atom is -0.374 e. The molecule has 1 aromatic carbocycles. The summed E-state index contributed by atoms with van der Waals surface area (Å²) in [5.74, 6) is 6.14. The highest BCUT2D eigenvalue weighted by atomic mass is 19.3. The number of aryl methyl sites for hydroxylation is 1. The van der Waals surface area contributed by atoms with Crippen LogP contribution in [0.3, 0.4) is 0 Å². The summed E-state index contributed by atoms with van der Waals surface area (Å²) in [7, 11) is 1.66. The van der Waals surface area contributed by atoms with Crippen molar-refractivity contribution in [2.75, 3.05) is 49.6 Å². The molecule has 336 valence electrons. The van der Waals surface area contributed by atoms with Crippen LogP contribution >= 0.6 is 0 Å². The standard InChI is InChI=1S/C45H51F2N11O6/c1-45(64-20-4-6-28-5-3-7-34-39(28)53(2)44(62)58(34)35-12-13-37(59)51-43(35)61)15-18-54(19-16-45)23-27-8-10-29(11-9-27)57-25-33(38(52-57)40(46)47)49-42(60)32-22-48-56-17-14-36(50-41(32)56)55-24-31-21-30(55)26-63-31/h3,5,7,14,17,22,25,27,29-31,35,40H,8-13,15-16,18-21,23-24,26H2,1-2H3,(H,49,60)(H,51,59,61)/t27?,29?,30-,31-,35?/m1/s1. The molecule has 10 rings (SSSR count). The highest BCUT2D eigenvalue weighted by molar-refractivity contribution is 6.08. The first-order chi connectivity index (χ1) is 30.9. The summed E-state index contributed by atoms with van der Waals surface area (Å²) >= 11 is 0. The summed E-state index contributed by atoms with van der Waals surface area (Å²) in [5.41, 5.74) is 1.27. The van der Waals surface area contributed by atoms with E-state index in [1.807, 2.05) is 18.2 Å². The minimum atomic E-state index is -2.87. The van der Waals surface area contributed by atoms with E-state index in [0.29, 0.717) is 34.8 Å². The Balaban J connectivity index is 0.711. The van der Waals surface area contributed by atoms with Gasteiger partial charge < -0.3 is 24.6 Å². The van der Waals surface area contributed by atoms with Gasteiger partial charge in [0.25, 0.3) is 12.3 Å². The van der Waals surface area contributed by atoms with Gasteiger partial charge in [-0.15, -0.1) is 0 Å². The molecule has 4 aromatic heterocycles. The molecule has 1 saturated carbocycles. The number of imidazole rings is 1. The molecule has 3 amide bonds.